The van der Waals surface area contributed by atoms with Gasteiger partial charge in [0.1, 0.15) is 19.0 Å². The summed E-state index contributed by atoms with van der Waals surface area (Å²) in [6, 6.07) is 3.25. The van der Waals surface area contributed by atoms with Crippen LogP contribution in [0.5, 0.6) is 5.75 Å². The minimum absolute atomic E-state index is 0.000925. The van der Waals surface area contributed by atoms with E-state index in [4.69, 9.17) is 4.74 Å². The molecule has 17 heavy (non-hydrogen) atoms. The van der Waals surface area contributed by atoms with Crippen LogP contribution in [0, 0.1) is 0 Å². The number of rotatable bonds is 4. The molecule has 90 valence electrons. The topological polar surface area (TPSA) is 54.8 Å². The second-order valence-corrected chi connectivity index (χ2v) is 3.61. The van der Waals surface area contributed by atoms with Crippen LogP contribution >= 0.6 is 0 Å². The summed E-state index contributed by atoms with van der Waals surface area (Å²) in [7, 11) is 0. The van der Waals surface area contributed by atoms with Crippen molar-refractivity contribution in [2.24, 2.45) is 5.10 Å². The van der Waals surface area contributed by atoms with Gasteiger partial charge in [-0.2, -0.15) is 10.1 Å². The molecule has 0 fully saturated rings. The van der Waals surface area contributed by atoms with E-state index >= 15 is 0 Å². The summed E-state index contributed by atoms with van der Waals surface area (Å²) in [6.07, 6.45) is 1.77. The number of pyridine rings is 1. The summed E-state index contributed by atoms with van der Waals surface area (Å²) in [4.78, 5) is 15.6. The Morgan fingerprint density at radius 1 is 1.53 bits per heavy atom. The summed E-state index contributed by atoms with van der Waals surface area (Å²) < 4.78 is 16.9. The number of halogens is 1. The zero-order valence-corrected chi connectivity index (χ0v) is 9.39. The molecule has 1 aliphatic rings. The van der Waals surface area contributed by atoms with Crippen LogP contribution in [0.25, 0.3) is 0 Å². The maximum atomic E-state index is 11.9. The molecule has 0 aliphatic carbocycles. The van der Waals surface area contributed by atoms with E-state index in [0.29, 0.717) is 18.0 Å². The van der Waals surface area contributed by atoms with Crippen LogP contribution < -0.4 is 9.75 Å². The standard InChI is InChI=1S/C11H12FN3O2/c1-8-6-11(16)15(14-8)10-3-2-9(7-13-10)17-5-4-12/h2-3,7H,4-6H2,1H3. The molecule has 2 rings (SSSR count). The van der Waals surface area contributed by atoms with Crippen molar-refractivity contribution in [3.8, 4) is 5.75 Å². The van der Waals surface area contributed by atoms with Gasteiger partial charge >= 0.3 is 0 Å². The molecule has 0 aromatic carbocycles. The number of hydrazone groups is 1. The molecular formula is C11H12FN3O2. The van der Waals surface area contributed by atoms with Crippen LogP contribution in [0.4, 0.5) is 10.2 Å². The Morgan fingerprint density at radius 2 is 2.35 bits per heavy atom. The Kier molecular flexibility index (Phi) is 3.32. The minimum Gasteiger partial charge on any atom is -0.489 e. The highest BCUT2D eigenvalue weighted by Gasteiger charge is 2.23. The molecule has 6 heteroatoms. The van der Waals surface area contributed by atoms with Gasteiger partial charge in [0.2, 0.25) is 0 Å². The van der Waals surface area contributed by atoms with E-state index in [9.17, 15) is 9.18 Å². The molecule has 0 unspecified atom stereocenters. The summed E-state index contributed by atoms with van der Waals surface area (Å²) in [6.45, 7) is 1.24. The Labute approximate surface area is 97.9 Å². The Balaban J connectivity index is 2.10. The average Bonchev–Trinajstić information content (AvgIpc) is 2.66. The van der Waals surface area contributed by atoms with Crippen molar-refractivity contribution in [1.29, 1.82) is 0 Å². The minimum atomic E-state index is -0.546. The van der Waals surface area contributed by atoms with Crippen molar-refractivity contribution in [2.75, 3.05) is 18.3 Å². The fraction of sp³-hybridized carbons (Fsp3) is 0.364. The SMILES string of the molecule is CC1=NN(c2ccc(OCCF)cn2)C(=O)C1. The first-order chi connectivity index (χ1) is 8.20. The van der Waals surface area contributed by atoms with E-state index in [1.54, 1.807) is 19.1 Å². The van der Waals surface area contributed by atoms with Crippen LogP contribution in [0.2, 0.25) is 0 Å². The van der Waals surface area contributed by atoms with Crippen molar-refractivity contribution < 1.29 is 13.9 Å². The van der Waals surface area contributed by atoms with Gasteiger partial charge in [-0.15, -0.1) is 0 Å². The quantitative estimate of drug-likeness (QED) is 0.798. The van der Waals surface area contributed by atoms with Crippen LogP contribution in [0.3, 0.4) is 0 Å². The third-order valence-corrected chi connectivity index (χ3v) is 2.20. The molecule has 1 amide bonds. The average molecular weight is 237 g/mol. The lowest BCUT2D eigenvalue weighted by Crippen LogP contribution is -2.20. The molecule has 0 bridgehead atoms. The molecule has 0 radical (unpaired) electrons. The molecule has 0 N–H and O–H groups in total. The lowest BCUT2D eigenvalue weighted by molar-refractivity contribution is -0.116. The molecule has 1 aromatic heterocycles. The molecule has 0 atom stereocenters. The Hall–Kier alpha value is -1.98. The molecule has 0 spiro atoms. The van der Waals surface area contributed by atoms with Gasteiger partial charge in [0, 0.05) is 5.71 Å². The highest BCUT2D eigenvalue weighted by atomic mass is 19.1. The van der Waals surface area contributed by atoms with Gasteiger partial charge < -0.3 is 4.74 Å². The normalized spacial score (nSPS) is 15.1. The maximum Gasteiger partial charge on any atom is 0.254 e. The van der Waals surface area contributed by atoms with Gasteiger partial charge in [-0.1, -0.05) is 0 Å². The summed E-state index contributed by atoms with van der Waals surface area (Å²) in [5.41, 5.74) is 0.759. The molecule has 1 aromatic rings. The highest BCUT2D eigenvalue weighted by molar-refractivity contribution is 6.11. The van der Waals surface area contributed by atoms with Crippen LogP contribution in [-0.2, 0) is 4.79 Å². The lowest BCUT2D eigenvalue weighted by atomic mass is 10.3. The largest absolute Gasteiger partial charge is 0.489 e. The third-order valence-electron chi connectivity index (χ3n) is 2.20. The molecule has 5 nitrogen and oxygen atoms in total. The van der Waals surface area contributed by atoms with Gasteiger partial charge in [-0.25, -0.2) is 9.37 Å². The summed E-state index contributed by atoms with van der Waals surface area (Å²) >= 11 is 0. The van der Waals surface area contributed by atoms with E-state index < -0.39 is 6.67 Å². The fourth-order valence-electron chi connectivity index (χ4n) is 1.47. The van der Waals surface area contributed by atoms with E-state index in [2.05, 4.69) is 10.1 Å². The first-order valence-corrected chi connectivity index (χ1v) is 5.22. The maximum absolute atomic E-state index is 11.9. The first-order valence-electron chi connectivity index (χ1n) is 5.22. The van der Waals surface area contributed by atoms with E-state index in [1.807, 2.05) is 0 Å². The number of alkyl halides is 1. The van der Waals surface area contributed by atoms with Gasteiger partial charge in [-0.3, -0.25) is 4.79 Å². The number of ether oxygens (including phenoxy) is 1. The number of nitrogens with zero attached hydrogens (tertiary/aromatic N) is 3. The Bertz CT molecular complexity index is 445. The molecule has 0 saturated carbocycles. The van der Waals surface area contributed by atoms with Gasteiger partial charge in [0.25, 0.3) is 5.91 Å². The predicted molar refractivity (Wildman–Crippen MR) is 60.9 cm³/mol. The van der Waals surface area contributed by atoms with Crippen molar-refractivity contribution in [3.05, 3.63) is 18.3 Å². The lowest BCUT2D eigenvalue weighted by Gasteiger charge is -2.10. The highest BCUT2D eigenvalue weighted by Crippen LogP contribution is 2.20. The number of hydrogen-bond acceptors (Lipinski definition) is 4. The monoisotopic (exact) mass is 237 g/mol. The van der Waals surface area contributed by atoms with Gasteiger partial charge in [0.15, 0.2) is 5.82 Å². The van der Waals surface area contributed by atoms with E-state index in [0.717, 1.165) is 5.71 Å². The van der Waals surface area contributed by atoms with Crippen LogP contribution in [0.1, 0.15) is 13.3 Å². The number of carbonyl (C=O) groups is 1. The smallest absolute Gasteiger partial charge is 0.254 e. The summed E-state index contributed by atoms with van der Waals surface area (Å²) in [5.74, 6) is 0.811. The third kappa shape index (κ3) is 2.58. The van der Waals surface area contributed by atoms with Crippen LogP contribution in [0.15, 0.2) is 23.4 Å². The van der Waals surface area contributed by atoms with Crippen molar-refractivity contribution >= 4 is 17.4 Å². The molecule has 1 aliphatic heterocycles. The van der Waals surface area contributed by atoms with Crippen molar-refractivity contribution in [1.82, 2.24) is 4.98 Å². The zero-order chi connectivity index (χ0) is 12.3. The molecule has 2 heterocycles. The fourth-order valence-corrected chi connectivity index (χ4v) is 1.47. The Morgan fingerprint density at radius 3 is 2.88 bits per heavy atom. The second kappa shape index (κ2) is 4.90. The zero-order valence-electron chi connectivity index (χ0n) is 9.39. The van der Waals surface area contributed by atoms with Crippen molar-refractivity contribution in [3.63, 3.8) is 0 Å². The predicted octanol–water partition coefficient (Wildman–Crippen LogP) is 1.54. The number of amides is 1. The number of carbonyl (C=O) groups excluding carboxylic acids is 1. The number of aromatic nitrogens is 1. The van der Waals surface area contributed by atoms with Crippen molar-refractivity contribution in [2.45, 2.75) is 13.3 Å². The van der Waals surface area contributed by atoms with Crippen LogP contribution in [-0.4, -0.2) is 29.9 Å². The first kappa shape index (κ1) is 11.5. The number of hydrogen-bond donors (Lipinski definition) is 0. The van der Waals surface area contributed by atoms with Gasteiger partial charge in [0.05, 0.1) is 12.6 Å². The number of anilines is 1. The molecule has 0 saturated heterocycles. The van der Waals surface area contributed by atoms with E-state index in [1.165, 1.54) is 11.2 Å². The second-order valence-electron chi connectivity index (χ2n) is 3.61. The summed E-state index contributed by atoms with van der Waals surface area (Å²) in [5, 5.41) is 5.33. The van der Waals surface area contributed by atoms with E-state index in [-0.39, 0.29) is 12.5 Å². The molecular weight excluding hydrogens is 225 g/mol. The van der Waals surface area contributed by atoms with Gasteiger partial charge in [-0.05, 0) is 19.1 Å².